The van der Waals surface area contributed by atoms with Crippen LogP contribution in [-0.4, -0.2) is 84.2 Å². The molecule has 2 saturated heterocycles. The molecule has 0 bridgehead atoms. The number of nitrogens with two attached hydrogens (primary N) is 1. The number of nitrogens with one attached hydrogen (secondary N) is 1. The number of likely N-dealkylation sites (tertiary alicyclic amines) is 1. The van der Waals surface area contributed by atoms with Crippen LogP contribution >= 0.6 is 23.2 Å². The topological polar surface area (TPSA) is 76.8 Å². The Morgan fingerprint density at radius 1 is 1.06 bits per heavy atom. The van der Waals surface area contributed by atoms with E-state index in [1.165, 1.54) is 25.1 Å². The second kappa shape index (κ2) is 9.64. The van der Waals surface area contributed by atoms with E-state index in [9.17, 15) is 0 Å². The lowest BCUT2D eigenvalue weighted by atomic mass is 10.0. The summed E-state index contributed by atoms with van der Waals surface area (Å²) in [4.78, 5) is 16.3. The molecule has 176 valence electrons. The van der Waals surface area contributed by atoms with Gasteiger partial charge in [0, 0.05) is 58.6 Å². The van der Waals surface area contributed by atoms with E-state index in [2.05, 4.69) is 36.2 Å². The molecule has 10 heteroatoms. The van der Waals surface area contributed by atoms with Gasteiger partial charge in [0.25, 0.3) is 0 Å². The standard InChI is InChI=1S/C23H30Cl2N8/c1-30-13-17(12-29-30)21-22(26)27-15-28-23(21)33-9-7-32(8-10-33)20(14-31-5-2-6-31)16-3-4-18(24)19(25)11-16/h3-4,11-12,15,20,29H,2,5-10,13-14H2,1H3,(H2,26,27,28). The highest BCUT2D eigenvalue weighted by Crippen LogP contribution is 2.34. The Hall–Kier alpha value is -2.10. The fourth-order valence-electron chi connectivity index (χ4n) is 4.83. The number of nitrogen functional groups attached to an aromatic ring is 1. The summed E-state index contributed by atoms with van der Waals surface area (Å²) in [6.45, 7) is 7.71. The lowest BCUT2D eigenvalue weighted by Gasteiger charge is -2.43. The van der Waals surface area contributed by atoms with Crippen molar-refractivity contribution < 1.29 is 0 Å². The number of rotatable bonds is 6. The molecule has 1 aromatic heterocycles. The Morgan fingerprint density at radius 2 is 1.85 bits per heavy atom. The van der Waals surface area contributed by atoms with Gasteiger partial charge >= 0.3 is 0 Å². The zero-order chi connectivity index (χ0) is 22.9. The summed E-state index contributed by atoms with van der Waals surface area (Å²) in [5.74, 6) is 1.44. The smallest absolute Gasteiger partial charge is 0.141 e. The summed E-state index contributed by atoms with van der Waals surface area (Å²) in [6, 6.07) is 6.34. The highest BCUT2D eigenvalue weighted by Gasteiger charge is 2.31. The van der Waals surface area contributed by atoms with E-state index in [0.717, 1.165) is 56.2 Å². The van der Waals surface area contributed by atoms with Crippen molar-refractivity contribution in [3.05, 3.63) is 51.9 Å². The van der Waals surface area contributed by atoms with E-state index in [4.69, 9.17) is 28.9 Å². The van der Waals surface area contributed by atoms with Crippen molar-refractivity contribution in [2.24, 2.45) is 0 Å². The lowest BCUT2D eigenvalue weighted by Crippen LogP contribution is -2.51. The van der Waals surface area contributed by atoms with E-state index in [0.29, 0.717) is 15.9 Å². The lowest BCUT2D eigenvalue weighted by molar-refractivity contribution is 0.0966. The van der Waals surface area contributed by atoms with Crippen LogP contribution in [0.1, 0.15) is 23.6 Å². The van der Waals surface area contributed by atoms with E-state index < -0.39 is 0 Å². The van der Waals surface area contributed by atoms with Crippen LogP contribution < -0.4 is 16.1 Å². The van der Waals surface area contributed by atoms with Crippen molar-refractivity contribution in [1.82, 2.24) is 30.2 Å². The third-order valence-electron chi connectivity index (χ3n) is 6.81. The molecular formula is C23H30Cl2N8. The second-order valence-corrected chi connectivity index (χ2v) is 9.79. The molecule has 0 radical (unpaired) electrons. The zero-order valence-electron chi connectivity index (χ0n) is 18.8. The minimum absolute atomic E-state index is 0.285. The number of anilines is 2. The number of halogens is 2. The highest BCUT2D eigenvalue weighted by atomic mass is 35.5. The monoisotopic (exact) mass is 488 g/mol. The second-order valence-electron chi connectivity index (χ2n) is 8.98. The first-order valence-electron chi connectivity index (χ1n) is 11.4. The number of piperazine rings is 1. The summed E-state index contributed by atoms with van der Waals surface area (Å²) in [6.07, 6.45) is 4.83. The van der Waals surface area contributed by atoms with E-state index in [1.54, 1.807) is 6.33 Å². The van der Waals surface area contributed by atoms with Crippen molar-refractivity contribution >= 4 is 40.4 Å². The van der Waals surface area contributed by atoms with Gasteiger partial charge in [0.1, 0.15) is 18.0 Å². The predicted molar refractivity (Wildman–Crippen MR) is 134 cm³/mol. The van der Waals surface area contributed by atoms with E-state index >= 15 is 0 Å². The van der Waals surface area contributed by atoms with Gasteiger partial charge in [0.05, 0.1) is 15.6 Å². The number of hydrogen-bond acceptors (Lipinski definition) is 8. The molecule has 1 unspecified atom stereocenters. The Labute approximate surface area is 204 Å². The molecule has 2 aromatic rings. The van der Waals surface area contributed by atoms with Crippen molar-refractivity contribution in [3.8, 4) is 0 Å². The molecule has 3 aliphatic heterocycles. The van der Waals surface area contributed by atoms with Crippen LogP contribution in [0.3, 0.4) is 0 Å². The molecule has 2 fully saturated rings. The molecule has 1 aromatic carbocycles. The SMILES string of the molecule is CN1CC(c2c(N)ncnc2N2CCN(C(CN3CCC3)c3ccc(Cl)c(Cl)c3)CC2)=CN1. The number of hydrazine groups is 1. The summed E-state index contributed by atoms with van der Waals surface area (Å²) < 4.78 is 0. The van der Waals surface area contributed by atoms with Crippen LogP contribution in [0.25, 0.3) is 5.57 Å². The minimum Gasteiger partial charge on any atom is -0.383 e. The third-order valence-corrected chi connectivity index (χ3v) is 7.55. The molecule has 5 rings (SSSR count). The normalized spacial score (nSPS) is 20.9. The Morgan fingerprint density at radius 3 is 2.48 bits per heavy atom. The Balaban J connectivity index is 1.34. The third kappa shape index (κ3) is 4.76. The van der Waals surface area contributed by atoms with Crippen LogP contribution in [0.5, 0.6) is 0 Å². The molecule has 3 aliphatic rings. The van der Waals surface area contributed by atoms with Gasteiger partial charge in [-0.25, -0.2) is 15.0 Å². The van der Waals surface area contributed by atoms with Crippen molar-refractivity contribution in [1.29, 1.82) is 0 Å². The summed E-state index contributed by atoms with van der Waals surface area (Å²) in [5, 5.41) is 3.23. The maximum Gasteiger partial charge on any atom is 0.141 e. The Kier molecular flexibility index (Phi) is 6.62. The fourth-order valence-corrected chi connectivity index (χ4v) is 5.14. The molecule has 4 heterocycles. The predicted octanol–water partition coefficient (Wildman–Crippen LogP) is 2.73. The molecule has 8 nitrogen and oxygen atoms in total. The van der Waals surface area contributed by atoms with Crippen LogP contribution in [0.15, 0.2) is 30.7 Å². The zero-order valence-corrected chi connectivity index (χ0v) is 20.4. The average molecular weight is 489 g/mol. The molecule has 3 N–H and O–H groups in total. The molecule has 0 spiro atoms. The van der Waals surface area contributed by atoms with Crippen molar-refractivity contribution in [3.63, 3.8) is 0 Å². The van der Waals surface area contributed by atoms with Crippen LogP contribution in [0.2, 0.25) is 10.0 Å². The highest BCUT2D eigenvalue weighted by molar-refractivity contribution is 6.42. The fraction of sp³-hybridized carbons (Fsp3) is 0.478. The number of hydrogen-bond donors (Lipinski definition) is 2. The first-order valence-corrected chi connectivity index (χ1v) is 12.2. The molecule has 0 aliphatic carbocycles. The largest absolute Gasteiger partial charge is 0.383 e. The van der Waals surface area contributed by atoms with Crippen LogP contribution in [0.4, 0.5) is 11.6 Å². The van der Waals surface area contributed by atoms with Gasteiger partial charge in [0.15, 0.2) is 0 Å². The molecule has 1 atom stereocenters. The van der Waals surface area contributed by atoms with Gasteiger partial charge in [-0.2, -0.15) is 0 Å². The number of likely N-dealkylation sites (N-methyl/N-ethyl adjacent to an activating group) is 1. The number of aromatic nitrogens is 2. The van der Waals surface area contributed by atoms with E-state index in [-0.39, 0.29) is 6.04 Å². The summed E-state index contributed by atoms with van der Waals surface area (Å²) >= 11 is 12.6. The Bertz CT molecular complexity index is 1030. The quantitative estimate of drug-likeness (QED) is 0.642. The van der Waals surface area contributed by atoms with Gasteiger partial charge in [0.2, 0.25) is 0 Å². The molecule has 0 amide bonds. The van der Waals surface area contributed by atoms with Gasteiger partial charge in [-0.3, -0.25) is 4.90 Å². The molecule has 0 saturated carbocycles. The maximum atomic E-state index is 6.38. The molecular weight excluding hydrogens is 459 g/mol. The number of nitrogens with zero attached hydrogens (tertiary/aromatic N) is 6. The van der Waals surface area contributed by atoms with Crippen molar-refractivity contribution in [2.45, 2.75) is 12.5 Å². The van der Waals surface area contributed by atoms with Gasteiger partial charge in [-0.15, -0.1) is 0 Å². The van der Waals surface area contributed by atoms with Crippen LogP contribution in [0, 0.1) is 0 Å². The summed E-state index contributed by atoms with van der Waals surface area (Å²) in [7, 11) is 2.00. The number of benzene rings is 1. The first-order chi connectivity index (χ1) is 16.0. The van der Waals surface area contributed by atoms with Gasteiger partial charge in [-0.1, -0.05) is 29.3 Å². The van der Waals surface area contributed by atoms with Gasteiger partial charge < -0.3 is 21.0 Å². The van der Waals surface area contributed by atoms with Crippen LogP contribution in [-0.2, 0) is 0 Å². The minimum atomic E-state index is 0.285. The first kappa shape index (κ1) is 22.7. The molecule has 33 heavy (non-hydrogen) atoms. The van der Waals surface area contributed by atoms with E-state index in [1.807, 2.05) is 30.4 Å². The summed E-state index contributed by atoms with van der Waals surface area (Å²) in [5.41, 5.74) is 12.8. The van der Waals surface area contributed by atoms with Gasteiger partial charge in [-0.05, 0) is 42.8 Å². The maximum absolute atomic E-state index is 6.38. The average Bonchev–Trinajstić information content (AvgIpc) is 3.21. The van der Waals surface area contributed by atoms with Crippen molar-refractivity contribution in [2.75, 3.05) is 70.0 Å².